The maximum atomic E-state index is 13.1. The first-order valence-corrected chi connectivity index (χ1v) is 11.0. The predicted molar refractivity (Wildman–Crippen MR) is 107 cm³/mol. The summed E-state index contributed by atoms with van der Waals surface area (Å²) in [6, 6.07) is 10.9. The second-order valence-electron chi connectivity index (χ2n) is 7.10. The summed E-state index contributed by atoms with van der Waals surface area (Å²) < 4.78 is 29.1. The molecule has 1 aliphatic heterocycles. The molecule has 1 amide bonds. The van der Waals surface area contributed by atoms with Crippen LogP contribution >= 0.6 is 0 Å². The summed E-state index contributed by atoms with van der Waals surface area (Å²) in [5, 5.41) is 11.2. The largest absolute Gasteiger partial charge is 0.497 e. The van der Waals surface area contributed by atoms with E-state index in [1.807, 2.05) is 24.3 Å². The van der Waals surface area contributed by atoms with Crippen molar-refractivity contribution in [2.24, 2.45) is 0 Å². The van der Waals surface area contributed by atoms with Gasteiger partial charge in [-0.15, -0.1) is 0 Å². The van der Waals surface area contributed by atoms with Gasteiger partial charge in [-0.25, -0.2) is 8.42 Å². The lowest BCUT2D eigenvalue weighted by Crippen LogP contribution is -2.37. The maximum absolute atomic E-state index is 13.1. The minimum atomic E-state index is -3.70. The third kappa shape index (κ3) is 4.73. The van der Waals surface area contributed by atoms with E-state index < -0.39 is 26.4 Å². The number of carbonyl (C=O) groups excluding carboxylic acids is 1. The van der Waals surface area contributed by atoms with E-state index in [9.17, 15) is 23.3 Å². The zero-order valence-corrected chi connectivity index (χ0v) is 17.0. The molecule has 154 valence electrons. The van der Waals surface area contributed by atoms with Crippen LogP contribution in [0.4, 0.5) is 5.69 Å². The van der Waals surface area contributed by atoms with Gasteiger partial charge in [-0.1, -0.05) is 12.1 Å². The Morgan fingerprint density at radius 2 is 2.03 bits per heavy atom. The molecule has 9 heteroatoms. The third-order valence-electron chi connectivity index (χ3n) is 5.02. The molecule has 0 aliphatic carbocycles. The summed E-state index contributed by atoms with van der Waals surface area (Å²) in [4.78, 5) is 25.1. The Morgan fingerprint density at radius 3 is 2.69 bits per heavy atom. The number of nitro benzene ring substituents is 1. The molecule has 0 aromatic heterocycles. The Hall–Kier alpha value is -2.94. The monoisotopic (exact) mass is 418 g/mol. The molecule has 29 heavy (non-hydrogen) atoms. The van der Waals surface area contributed by atoms with E-state index in [1.165, 1.54) is 6.07 Å². The molecule has 1 heterocycles. The average Bonchev–Trinajstić information content (AvgIpc) is 3.14. The van der Waals surface area contributed by atoms with Crippen molar-refractivity contribution in [3.63, 3.8) is 0 Å². The van der Waals surface area contributed by atoms with E-state index in [0.717, 1.165) is 42.5 Å². The van der Waals surface area contributed by atoms with Gasteiger partial charge in [0.25, 0.3) is 11.6 Å². The lowest BCUT2D eigenvalue weighted by molar-refractivity contribution is -0.385. The molecule has 3 rings (SSSR count). The van der Waals surface area contributed by atoms with Crippen LogP contribution in [-0.2, 0) is 16.3 Å². The number of ether oxygens (including phenoxy) is 1. The van der Waals surface area contributed by atoms with Crippen molar-refractivity contribution < 1.29 is 22.9 Å². The lowest BCUT2D eigenvalue weighted by Gasteiger charge is -2.25. The van der Waals surface area contributed by atoms with Crippen molar-refractivity contribution >= 4 is 21.4 Å². The summed E-state index contributed by atoms with van der Waals surface area (Å²) >= 11 is 0. The molecule has 1 saturated heterocycles. The summed E-state index contributed by atoms with van der Waals surface area (Å²) in [5.74, 6) is 0.332. The summed E-state index contributed by atoms with van der Waals surface area (Å²) in [5.41, 5.74) is 0.613. The maximum Gasteiger partial charge on any atom is 0.271 e. The number of likely N-dealkylation sites (tertiary alicyclic amines) is 1. The first-order chi connectivity index (χ1) is 13.7. The molecular formula is C20H22N2O6S. The van der Waals surface area contributed by atoms with Crippen LogP contribution in [0.1, 0.15) is 28.8 Å². The predicted octanol–water partition coefficient (Wildman–Crippen LogP) is 2.85. The highest BCUT2D eigenvalue weighted by molar-refractivity contribution is 7.90. The number of amides is 1. The molecule has 1 fully saturated rings. The van der Waals surface area contributed by atoms with Crippen molar-refractivity contribution in [3.8, 4) is 5.75 Å². The zero-order chi connectivity index (χ0) is 21.2. The molecule has 0 radical (unpaired) electrons. The van der Waals surface area contributed by atoms with E-state index in [1.54, 1.807) is 12.0 Å². The molecule has 1 unspecified atom stereocenters. The number of benzene rings is 2. The summed E-state index contributed by atoms with van der Waals surface area (Å²) in [7, 11) is -2.11. The van der Waals surface area contributed by atoms with Gasteiger partial charge >= 0.3 is 0 Å². The topological polar surface area (TPSA) is 107 Å². The zero-order valence-electron chi connectivity index (χ0n) is 16.2. The molecule has 8 nitrogen and oxygen atoms in total. The fourth-order valence-corrected chi connectivity index (χ4v) is 4.25. The standard InChI is InChI=1S/C20H22N2O6S/c1-28-18-7-3-5-14(10-18)9-16-6-4-8-21(16)20(23)15-11-17(22(24)25)13-19(12-15)29(2,26)27/h3,5,7,10-13,16H,4,6,8-9H2,1-2H3. The van der Waals surface area contributed by atoms with E-state index in [4.69, 9.17) is 4.74 Å². The number of methoxy groups -OCH3 is 1. The second kappa shape index (κ2) is 8.20. The molecule has 0 bridgehead atoms. The summed E-state index contributed by atoms with van der Waals surface area (Å²) in [6.45, 7) is 0.518. The quantitative estimate of drug-likeness (QED) is 0.527. The molecular weight excluding hydrogens is 396 g/mol. The number of nitrogens with zero attached hydrogens (tertiary/aromatic N) is 2. The van der Waals surface area contributed by atoms with Crippen molar-refractivity contribution in [1.82, 2.24) is 4.90 Å². The van der Waals surface area contributed by atoms with E-state index in [-0.39, 0.29) is 16.5 Å². The number of nitro groups is 1. The van der Waals surface area contributed by atoms with Crippen molar-refractivity contribution in [2.75, 3.05) is 19.9 Å². The molecule has 2 aromatic carbocycles. The van der Waals surface area contributed by atoms with Crippen LogP contribution in [-0.4, -0.2) is 50.1 Å². The third-order valence-corrected chi connectivity index (χ3v) is 6.11. The molecule has 0 saturated carbocycles. The van der Waals surface area contributed by atoms with Crippen molar-refractivity contribution in [2.45, 2.75) is 30.2 Å². The highest BCUT2D eigenvalue weighted by Crippen LogP contribution is 2.27. The van der Waals surface area contributed by atoms with Crippen molar-refractivity contribution in [1.29, 1.82) is 0 Å². The highest BCUT2D eigenvalue weighted by Gasteiger charge is 2.31. The van der Waals surface area contributed by atoms with Gasteiger partial charge in [0.15, 0.2) is 9.84 Å². The van der Waals surface area contributed by atoms with Gasteiger partial charge in [-0.05, 0) is 43.0 Å². The second-order valence-corrected chi connectivity index (χ2v) is 9.11. The SMILES string of the molecule is COc1cccc(CC2CCCN2C(=O)c2cc([N+](=O)[O-])cc(S(C)(=O)=O)c2)c1. The van der Waals surface area contributed by atoms with Gasteiger partial charge in [0.2, 0.25) is 0 Å². The van der Waals surface area contributed by atoms with Crippen molar-refractivity contribution in [3.05, 3.63) is 63.7 Å². The van der Waals surface area contributed by atoms with Crippen LogP contribution in [0.15, 0.2) is 47.4 Å². The number of hydrogen-bond donors (Lipinski definition) is 0. The normalized spacial score (nSPS) is 16.6. The number of carbonyl (C=O) groups is 1. The van der Waals surface area contributed by atoms with Gasteiger partial charge < -0.3 is 9.64 Å². The van der Waals surface area contributed by atoms with E-state index >= 15 is 0 Å². The molecule has 1 aliphatic rings. The minimum absolute atomic E-state index is 0.0113. The van der Waals surface area contributed by atoms with Gasteiger partial charge in [-0.2, -0.15) is 0 Å². The lowest BCUT2D eigenvalue weighted by atomic mass is 10.0. The molecule has 0 N–H and O–H groups in total. The van der Waals surface area contributed by atoms with Gasteiger partial charge in [-0.3, -0.25) is 14.9 Å². The van der Waals surface area contributed by atoms with Crippen LogP contribution in [0.5, 0.6) is 5.75 Å². The van der Waals surface area contributed by atoms with Crippen LogP contribution in [0.2, 0.25) is 0 Å². The Kier molecular flexibility index (Phi) is 5.88. The Bertz CT molecular complexity index is 1050. The van der Waals surface area contributed by atoms with Crippen LogP contribution in [0.25, 0.3) is 0 Å². The first kappa shape index (κ1) is 20.8. The van der Waals surface area contributed by atoms with E-state index in [0.29, 0.717) is 13.0 Å². The Balaban J connectivity index is 1.90. The number of non-ortho nitro benzene ring substituents is 1. The Labute approximate surface area is 169 Å². The minimum Gasteiger partial charge on any atom is -0.497 e. The first-order valence-electron chi connectivity index (χ1n) is 9.12. The Morgan fingerprint density at radius 1 is 1.28 bits per heavy atom. The number of hydrogen-bond acceptors (Lipinski definition) is 6. The average molecular weight is 418 g/mol. The van der Waals surface area contributed by atoms with E-state index in [2.05, 4.69) is 0 Å². The van der Waals surface area contributed by atoms with Gasteiger partial charge in [0.1, 0.15) is 5.75 Å². The smallest absolute Gasteiger partial charge is 0.271 e. The molecule has 0 spiro atoms. The molecule has 1 atom stereocenters. The molecule has 2 aromatic rings. The fraction of sp³-hybridized carbons (Fsp3) is 0.350. The number of rotatable bonds is 6. The van der Waals surface area contributed by atoms with Gasteiger partial charge in [0.05, 0.1) is 16.9 Å². The van der Waals surface area contributed by atoms with Crippen LogP contribution in [0.3, 0.4) is 0 Å². The van der Waals surface area contributed by atoms with Gasteiger partial charge in [0, 0.05) is 36.5 Å². The summed E-state index contributed by atoms with van der Waals surface area (Å²) in [6.07, 6.45) is 3.20. The van der Waals surface area contributed by atoms with Crippen LogP contribution in [0, 0.1) is 10.1 Å². The van der Waals surface area contributed by atoms with Crippen LogP contribution < -0.4 is 4.74 Å². The number of sulfone groups is 1. The highest BCUT2D eigenvalue weighted by atomic mass is 32.2. The fourth-order valence-electron chi connectivity index (χ4n) is 3.58.